The molecule has 2 aromatic heterocycles. The van der Waals surface area contributed by atoms with Gasteiger partial charge in [-0.3, -0.25) is 4.79 Å². The number of rotatable bonds is 3. The van der Waals surface area contributed by atoms with E-state index in [1.807, 2.05) is 18.2 Å². The van der Waals surface area contributed by atoms with Crippen LogP contribution in [0.5, 0.6) is 0 Å². The lowest BCUT2D eigenvalue weighted by Gasteiger charge is -2.08. The summed E-state index contributed by atoms with van der Waals surface area (Å²) >= 11 is 0. The molecule has 26 heavy (non-hydrogen) atoms. The molecule has 0 spiro atoms. The fourth-order valence-corrected chi connectivity index (χ4v) is 3.37. The maximum absolute atomic E-state index is 12.7. The lowest BCUT2D eigenvalue weighted by Crippen LogP contribution is -2.26. The van der Waals surface area contributed by atoms with E-state index in [0.29, 0.717) is 11.7 Å². The maximum atomic E-state index is 12.7. The molecule has 2 heterocycles. The highest BCUT2D eigenvalue weighted by Gasteiger charge is 2.25. The Balaban J connectivity index is 1.77. The predicted molar refractivity (Wildman–Crippen MR) is 104 cm³/mol. The van der Waals surface area contributed by atoms with Gasteiger partial charge < -0.3 is 10.3 Å². The summed E-state index contributed by atoms with van der Waals surface area (Å²) in [6, 6.07) is 18.6. The van der Waals surface area contributed by atoms with Crippen LogP contribution in [0.25, 0.3) is 33.1 Å². The number of benzene rings is 2. The molecule has 2 aromatic carbocycles. The van der Waals surface area contributed by atoms with Crippen LogP contribution < -0.4 is 5.32 Å². The van der Waals surface area contributed by atoms with E-state index in [4.69, 9.17) is 4.98 Å². The Morgan fingerprint density at radius 1 is 1.08 bits per heavy atom. The minimum absolute atomic E-state index is 0.0898. The van der Waals surface area contributed by atoms with Gasteiger partial charge in [-0.1, -0.05) is 48.0 Å². The van der Waals surface area contributed by atoms with Crippen molar-refractivity contribution in [2.75, 3.05) is 0 Å². The van der Waals surface area contributed by atoms with Crippen molar-refractivity contribution in [1.82, 2.24) is 15.3 Å². The number of aromatic amines is 1. The summed E-state index contributed by atoms with van der Waals surface area (Å²) in [4.78, 5) is 20.9. The van der Waals surface area contributed by atoms with Crippen molar-refractivity contribution in [3.05, 3.63) is 65.9 Å². The average molecular weight is 341 g/mol. The summed E-state index contributed by atoms with van der Waals surface area (Å²) in [5, 5.41) is 5.20. The first-order valence-electron chi connectivity index (χ1n) is 8.98. The Labute approximate surface area is 151 Å². The molecule has 128 valence electrons. The minimum atomic E-state index is -0.0898. The fraction of sp³-hybridized carbons (Fsp3) is 0.182. The number of amides is 1. The molecular weight excluding hydrogens is 322 g/mol. The third kappa shape index (κ3) is 2.54. The number of nitrogens with one attached hydrogen (secondary N) is 2. The highest BCUT2D eigenvalue weighted by Crippen LogP contribution is 2.33. The van der Waals surface area contributed by atoms with Gasteiger partial charge >= 0.3 is 0 Å². The molecule has 5 rings (SSSR count). The zero-order chi connectivity index (χ0) is 17.7. The molecule has 1 aliphatic carbocycles. The first kappa shape index (κ1) is 15.1. The van der Waals surface area contributed by atoms with E-state index < -0.39 is 0 Å². The molecule has 0 radical (unpaired) electrons. The third-order valence-corrected chi connectivity index (χ3v) is 4.97. The number of hydrogen-bond donors (Lipinski definition) is 2. The van der Waals surface area contributed by atoms with Crippen molar-refractivity contribution >= 4 is 27.7 Å². The Hall–Kier alpha value is -3.14. The number of H-pyrrole nitrogens is 1. The molecule has 1 fully saturated rings. The van der Waals surface area contributed by atoms with Gasteiger partial charge in [0.1, 0.15) is 5.69 Å². The molecule has 4 heteroatoms. The van der Waals surface area contributed by atoms with E-state index in [-0.39, 0.29) is 5.91 Å². The zero-order valence-corrected chi connectivity index (χ0v) is 14.5. The Morgan fingerprint density at radius 3 is 2.62 bits per heavy atom. The Bertz CT molecular complexity index is 1140. The van der Waals surface area contributed by atoms with E-state index in [2.05, 4.69) is 53.6 Å². The van der Waals surface area contributed by atoms with Crippen LogP contribution >= 0.6 is 0 Å². The summed E-state index contributed by atoms with van der Waals surface area (Å²) in [5.41, 5.74) is 5.53. The molecule has 0 bridgehead atoms. The molecule has 0 saturated heterocycles. The second-order valence-electron chi connectivity index (χ2n) is 7.06. The van der Waals surface area contributed by atoms with Crippen molar-refractivity contribution in [3.63, 3.8) is 0 Å². The number of aromatic nitrogens is 2. The monoisotopic (exact) mass is 341 g/mol. The van der Waals surface area contributed by atoms with Gasteiger partial charge in [-0.2, -0.15) is 0 Å². The van der Waals surface area contributed by atoms with Gasteiger partial charge in [0, 0.05) is 27.9 Å². The van der Waals surface area contributed by atoms with Gasteiger partial charge in [-0.15, -0.1) is 0 Å². The molecule has 1 aliphatic rings. The number of aryl methyl sites for hydroxylation is 1. The SMILES string of the molecule is Cc1ccc(-c2nc(C(=O)NC3CC3)cc3c2[nH]c2ccccc23)cc1. The first-order chi connectivity index (χ1) is 12.7. The van der Waals surface area contributed by atoms with Gasteiger partial charge in [0.05, 0.1) is 11.2 Å². The highest BCUT2D eigenvalue weighted by atomic mass is 16.2. The second kappa shape index (κ2) is 5.70. The number of hydrogen-bond acceptors (Lipinski definition) is 2. The molecule has 4 aromatic rings. The quantitative estimate of drug-likeness (QED) is 0.573. The summed E-state index contributed by atoms with van der Waals surface area (Å²) in [7, 11) is 0. The standard InChI is InChI=1S/C22H19N3O/c1-13-6-8-14(9-7-13)20-21-17(16-4-2-3-5-18(16)24-21)12-19(25-20)22(26)23-15-10-11-15/h2-9,12,15,24H,10-11H2,1H3,(H,23,26). The molecule has 1 amide bonds. The van der Waals surface area contributed by atoms with Crippen LogP contribution in [-0.4, -0.2) is 21.9 Å². The van der Waals surface area contributed by atoms with E-state index in [9.17, 15) is 4.79 Å². The number of carbonyl (C=O) groups is 1. The summed E-state index contributed by atoms with van der Waals surface area (Å²) in [5.74, 6) is -0.0898. The molecular formula is C22H19N3O. The number of fused-ring (bicyclic) bond motifs is 3. The first-order valence-corrected chi connectivity index (χ1v) is 8.98. The maximum Gasteiger partial charge on any atom is 0.270 e. The lowest BCUT2D eigenvalue weighted by molar-refractivity contribution is 0.0946. The van der Waals surface area contributed by atoms with Crippen LogP contribution in [0.3, 0.4) is 0 Å². The van der Waals surface area contributed by atoms with Gasteiger partial charge in [0.15, 0.2) is 0 Å². The third-order valence-electron chi connectivity index (χ3n) is 4.97. The summed E-state index contributed by atoms with van der Waals surface area (Å²) in [6.45, 7) is 2.06. The summed E-state index contributed by atoms with van der Waals surface area (Å²) < 4.78 is 0. The van der Waals surface area contributed by atoms with Crippen LogP contribution in [0.2, 0.25) is 0 Å². The van der Waals surface area contributed by atoms with E-state index in [0.717, 1.165) is 45.9 Å². The van der Waals surface area contributed by atoms with Gasteiger partial charge in [-0.05, 0) is 31.9 Å². The number of nitrogens with zero attached hydrogens (tertiary/aromatic N) is 1. The van der Waals surface area contributed by atoms with Gasteiger partial charge in [0.25, 0.3) is 5.91 Å². The van der Waals surface area contributed by atoms with Crippen LogP contribution in [0.15, 0.2) is 54.6 Å². The molecule has 1 saturated carbocycles. The fourth-order valence-electron chi connectivity index (χ4n) is 3.37. The molecule has 0 unspecified atom stereocenters. The number of carbonyl (C=O) groups excluding carboxylic acids is 1. The topological polar surface area (TPSA) is 57.8 Å². The van der Waals surface area contributed by atoms with Gasteiger partial charge in [0.2, 0.25) is 0 Å². The average Bonchev–Trinajstić information content (AvgIpc) is 3.39. The van der Waals surface area contributed by atoms with Crippen LogP contribution in [0.1, 0.15) is 28.9 Å². The van der Waals surface area contributed by atoms with E-state index >= 15 is 0 Å². The highest BCUT2D eigenvalue weighted by molar-refractivity contribution is 6.13. The predicted octanol–water partition coefficient (Wildman–Crippen LogP) is 4.58. The van der Waals surface area contributed by atoms with Crippen molar-refractivity contribution in [1.29, 1.82) is 0 Å². The lowest BCUT2D eigenvalue weighted by atomic mass is 10.1. The molecule has 2 N–H and O–H groups in total. The number of para-hydroxylation sites is 1. The van der Waals surface area contributed by atoms with Crippen LogP contribution in [-0.2, 0) is 0 Å². The Morgan fingerprint density at radius 2 is 1.85 bits per heavy atom. The van der Waals surface area contributed by atoms with Crippen molar-refractivity contribution < 1.29 is 4.79 Å². The smallest absolute Gasteiger partial charge is 0.270 e. The van der Waals surface area contributed by atoms with Crippen LogP contribution in [0.4, 0.5) is 0 Å². The zero-order valence-electron chi connectivity index (χ0n) is 14.5. The molecule has 0 aliphatic heterocycles. The van der Waals surface area contributed by atoms with Crippen molar-refractivity contribution in [2.45, 2.75) is 25.8 Å². The largest absolute Gasteiger partial charge is 0.353 e. The van der Waals surface area contributed by atoms with E-state index in [1.165, 1.54) is 5.56 Å². The van der Waals surface area contributed by atoms with Crippen LogP contribution in [0, 0.1) is 6.92 Å². The molecule has 4 nitrogen and oxygen atoms in total. The summed E-state index contributed by atoms with van der Waals surface area (Å²) in [6.07, 6.45) is 2.12. The second-order valence-corrected chi connectivity index (χ2v) is 7.06. The van der Waals surface area contributed by atoms with Gasteiger partial charge in [-0.25, -0.2) is 4.98 Å². The molecule has 0 atom stereocenters. The normalized spacial score (nSPS) is 14.0. The van der Waals surface area contributed by atoms with Crippen molar-refractivity contribution in [2.24, 2.45) is 0 Å². The number of pyridine rings is 1. The van der Waals surface area contributed by atoms with E-state index in [1.54, 1.807) is 0 Å². The van der Waals surface area contributed by atoms with Crippen molar-refractivity contribution in [3.8, 4) is 11.3 Å². The Kier molecular flexibility index (Phi) is 3.32. The minimum Gasteiger partial charge on any atom is -0.353 e.